The SMILES string of the molecule is O=S(=O)(NC1CCCSC1)c1ccc(Br)cc1. The summed E-state index contributed by atoms with van der Waals surface area (Å²) in [5, 5.41) is 0. The molecule has 1 aliphatic rings. The maximum Gasteiger partial charge on any atom is 0.240 e. The van der Waals surface area contributed by atoms with Crippen molar-refractivity contribution in [2.24, 2.45) is 0 Å². The fourth-order valence-corrected chi connectivity index (χ4v) is 4.45. The number of hydrogen-bond donors (Lipinski definition) is 1. The van der Waals surface area contributed by atoms with Crippen molar-refractivity contribution >= 4 is 37.7 Å². The summed E-state index contributed by atoms with van der Waals surface area (Å²) in [5.74, 6) is 2.01. The Morgan fingerprint density at radius 1 is 1.29 bits per heavy atom. The summed E-state index contributed by atoms with van der Waals surface area (Å²) in [5.41, 5.74) is 0. The Bertz CT molecular complexity index is 467. The van der Waals surface area contributed by atoms with Gasteiger partial charge < -0.3 is 0 Å². The predicted molar refractivity (Wildman–Crippen MR) is 74.8 cm³/mol. The molecule has 2 rings (SSSR count). The number of rotatable bonds is 3. The zero-order chi connectivity index (χ0) is 12.3. The number of nitrogens with one attached hydrogen (secondary N) is 1. The van der Waals surface area contributed by atoms with Crippen LogP contribution in [0.5, 0.6) is 0 Å². The summed E-state index contributed by atoms with van der Waals surface area (Å²) in [6, 6.07) is 6.78. The highest BCUT2D eigenvalue weighted by atomic mass is 79.9. The van der Waals surface area contributed by atoms with E-state index in [1.807, 2.05) is 0 Å². The molecule has 1 heterocycles. The Morgan fingerprint density at radius 2 is 2.00 bits per heavy atom. The fraction of sp³-hybridized carbons (Fsp3) is 0.455. The Hall–Kier alpha value is -0.0400. The molecule has 0 bridgehead atoms. The maximum absolute atomic E-state index is 12.1. The number of halogens is 1. The van der Waals surface area contributed by atoms with Crippen LogP contribution in [0.15, 0.2) is 33.6 Å². The Morgan fingerprint density at radius 3 is 2.59 bits per heavy atom. The summed E-state index contributed by atoms with van der Waals surface area (Å²) in [4.78, 5) is 0.330. The first-order chi connectivity index (χ1) is 8.08. The van der Waals surface area contributed by atoms with E-state index in [2.05, 4.69) is 20.7 Å². The van der Waals surface area contributed by atoms with Gasteiger partial charge in [-0.15, -0.1) is 0 Å². The van der Waals surface area contributed by atoms with Gasteiger partial charge in [0.2, 0.25) is 10.0 Å². The second-order valence-corrected chi connectivity index (χ2v) is 7.77. The molecular weight excluding hydrogens is 322 g/mol. The molecule has 0 radical (unpaired) electrons. The highest BCUT2D eigenvalue weighted by Gasteiger charge is 2.21. The summed E-state index contributed by atoms with van der Waals surface area (Å²) < 4.78 is 27.8. The van der Waals surface area contributed by atoms with Crippen LogP contribution in [-0.4, -0.2) is 26.0 Å². The lowest BCUT2D eigenvalue weighted by molar-refractivity contribution is 0.543. The van der Waals surface area contributed by atoms with Crippen molar-refractivity contribution in [1.82, 2.24) is 4.72 Å². The number of benzene rings is 1. The van der Waals surface area contributed by atoms with Crippen molar-refractivity contribution in [2.75, 3.05) is 11.5 Å². The number of sulfonamides is 1. The van der Waals surface area contributed by atoms with Gasteiger partial charge in [0.25, 0.3) is 0 Å². The van der Waals surface area contributed by atoms with Gasteiger partial charge in [-0.25, -0.2) is 13.1 Å². The summed E-state index contributed by atoms with van der Waals surface area (Å²) in [6.45, 7) is 0. The van der Waals surface area contributed by atoms with E-state index in [4.69, 9.17) is 0 Å². The van der Waals surface area contributed by atoms with Crippen molar-refractivity contribution in [2.45, 2.75) is 23.8 Å². The molecule has 0 aliphatic carbocycles. The third-order valence-corrected chi connectivity index (χ3v) is 5.89. The van der Waals surface area contributed by atoms with E-state index in [-0.39, 0.29) is 6.04 Å². The first-order valence-corrected chi connectivity index (χ1v) is 8.87. The van der Waals surface area contributed by atoms with E-state index in [0.717, 1.165) is 28.8 Å². The smallest absolute Gasteiger partial charge is 0.207 e. The standard InChI is InChI=1S/C11H14BrNO2S2/c12-9-3-5-11(6-4-9)17(14,15)13-10-2-1-7-16-8-10/h3-6,10,13H,1-2,7-8H2. The molecule has 3 nitrogen and oxygen atoms in total. The Kier molecular flexibility index (Phi) is 4.52. The molecule has 0 saturated carbocycles. The molecular formula is C11H14BrNO2S2. The molecule has 0 aromatic heterocycles. The van der Waals surface area contributed by atoms with E-state index >= 15 is 0 Å². The van der Waals surface area contributed by atoms with E-state index < -0.39 is 10.0 Å². The molecule has 1 N–H and O–H groups in total. The first-order valence-electron chi connectivity index (χ1n) is 5.43. The van der Waals surface area contributed by atoms with Gasteiger partial charge >= 0.3 is 0 Å². The minimum atomic E-state index is -3.36. The molecule has 0 spiro atoms. The van der Waals surface area contributed by atoms with Gasteiger partial charge in [-0.3, -0.25) is 0 Å². The monoisotopic (exact) mass is 335 g/mol. The van der Waals surface area contributed by atoms with Crippen LogP contribution in [0, 0.1) is 0 Å². The molecule has 1 aromatic carbocycles. The van der Waals surface area contributed by atoms with Crippen LogP contribution >= 0.6 is 27.7 Å². The Labute approximate surface area is 115 Å². The van der Waals surface area contributed by atoms with Crippen molar-refractivity contribution in [3.05, 3.63) is 28.7 Å². The van der Waals surface area contributed by atoms with Crippen LogP contribution in [0.2, 0.25) is 0 Å². The lowest BCUT2D eigenvalue weighted by atomic mass is 10.2. The zero-order valence-electron chi connectivity index (χ0n) is 9.23. The zero-order valence-corrected chi connectivity index (χ0v) is 12.4. The highest BCUT2D eigenvalue weighted by Crippen LogP contribution is 2.20. The molecule has 1 atom stereocenters. The van der Waals surface area contributed by atoms with Gasteiger partial charge in [-0.2, -0.15) is 11.8 Å². The van der Waals surface area contributed by atoms with E-state index in [1.165, 1.54) is 0 Å². The molecule has 17 heavy (non-hydrogen) atoms. The molecule has 1 fully saturated rings. The Balaban J connectivity index is 2.10. The third-order valence-electron chi connectivity index (χ3n) is 2.61. The quantitative estimate of drug-likeness (QED) is 0.923. The van der Waals surface area contributed by atoms with Gasteiger partial charge in [0.05, 0.1) is 4.90 Å². The van der Waals surface area contributed by atoms with Crippen LogP contribution in [0.4, 0.5) is 0 Å². The van der Waals surface area contributed by atoms with Crippen LogP contribution in [0.1, 0.15) is 12.8 Å². The van der Waals surface area contributed by atoms with Gasteiger partial charge in [0, 0.05) is 16.3 Å². The van der Waals surface area contributed by atoms with Crippen LogP contribution in [-0.2, 0) is 10.0 Å². The van der Waals surface area contributed by atoms with Crippen molar-refractivity contribution in [3.63, 3.8) is 0 Å². The first kappa shape index (κ1) is 13.4. The lowest BCUT2D eigenvalue weighted by Gasteiger charge is -2.22. The molecule has 0 amide bonds. The van der Waals surface area contributed by atoms with Gasteiger partial charge in [-0.1, -0.05) is 15.9 Å². The molecule has 6 heteroatoms. The van der Waals surface area contributed by atoms with Gasteiger partial charge in [-0.05, 0) is 42.9 Å². The second kappa shape index (κ2) is 5.73. The topological polar surface area (TPSA) is 46.2 Å². The fourth-order valence-electron chi connectivity index (χ4n) is 1.73. The second-order valence-electron chi connectivity index (χ2n) is 3.99. The third kappa shape index (κ3) is 3.71. The minimum absolute atomic E-state index is 0.0717. The number of thioether (sulfide) groups is 1. The molecule has 1 aromatic rings. The molecule has 1 unspecified atom stereocenters. The van der Waals surface area contributed by atoms with Crippen molar-refractivity contribution in [1.29, 1.82) is 0 Å². The van der Waals surface area contributed by atoms with Gasteiger partial charge in [0.1, 0.15) is 0 Å². The molecule has 94 valence electrons. The maximum atomic E-state index is 12.1. The predicted octanol–water partition coefficient (Wildman–Crippen LogP) is 2.62. The molecule has 1 saturated heterocycles. The van der Waals surface area contributed by atoms with E-state index in [1.54, 1.807) is 36.0 Å². The number of hydrogen-bond acceptors (Lipinski definition) is 3. The summed E-state index contributed by atoms with van der Waals surface area (Å²) >= 11 is 5.10. The summed E-state index contributed by atoms with van der Waals surface area (Å²) in [6.07, 6.45) is 2.01. The average Bonchev–Trinajstić information content (AvgIpc) is 2.30. The lowest BCUT2D eigenvalue weighted by Crippen LogP contribution is -2.38. The molecule has 1 aliphatic heterocycles. The largest absolute Gasteiger partial charge is 0.240 e. The summed E-state index contributed by atoms with van der Waals surface area (Å²) in [7, 11) is -3.36. The van der Waals surface area contributed by atoms with Crippen LogP contribution in [0.25, 0.3) is 0 Å². The van der Waals surface area contributed by atoms with Gasteiger partial charge in [0.15, 0.2) is 0 Å². The van der Waals surface area contributed by atoms with E-state index in [0.29, 0.717) is 4.90 Å². The minimum Gasteiger partial charge on any atom is -0.207 e. The van der Waals surface area contributed by atoms with E-state index in [9.17, 15) is 8.42 Å². The normalized spacial score (nSPS) is 21.4. The van der Waals surface area contributed by atoms with Crippen LogP contribution < -0.4 is 4.72 Å². The van der Waals surface area contributed by atoms with Crippen molar-refractivity contribution < 1.29 is 8.42 Å². The highest BCUT2D eigenvalue weighted by molar-refractivity contribution is 9.10. The van der Waals surface area contributed by atoms with Crippen molar-refractivity contribution in [3.8, 4) is 0 Å². The van der Waals surface area contributed by atoms with Crippen LogP contribution in [0.3, 0.4) is 0 Å². The average molecular weight is 336 g/mol.